The zero-order valence-corrected chi connectivity index (χ0v) is 29.7. The molecule has 0 spiro atoms. The average Bonchev–Trinajstić information content (AvgIpc) is 3.05. The summed E-state index contributed by atoms with van der Waals surface area (Å²) in [6.07, 6.45) is 4.60. The van der Waals surface area contributed by atoms with Gasteiger partial charge in [-0.1, -0.05) is 41.4 Å². The number of esters is 2. The molecule has 0 bridgehead atoms. The summed E-state index contributed by atoms with van der Waals surface area (Å²) >= 11 is 0. The first kappa shape index (κ1) is 40.2. The number of nitrogens with one attached hydrogen (secondary N) is 1. The van der Waals surface area contributed by atoms with Gasteiger partial charge < -0.3 is 26.6 Å². The molecular formula is C35H38N5NaO6. The van der Waals surface area contributed by atoms with Crippen LogP contribution < -0.4 is 29.6 Å². The number of ether oxygens (including phenoxy) is 2. The van der Waals surface area contributed by atoms with E-state index >= 15 is 0 Å². The van der Waals surface area contributed by atoms with Gasteiger partial charge in [0.05, 0.1) is 53.4 Å². The minimum atomic E-state index is -0.750. The average molecular weight is 648 g/mol. The predicted octanol–water partition coefficient (Wildman–Crippen LogP) is 2.63. The van der Waals surface area contributed by atoms with Crippen LogP contribution in [0, 0.1) is 28.6 Å². The second-order valence-corrected chi connectivity index (χ2v) is 10.6. The van der Waals surface area contributed by atoms with Crippen LogP contribution >= 0.6 is 0 Å². The van der Waals surface area contributed by atoms with E-state index in [4.69, 9.17) is 25.4 Å². The summed E-state index contributed by atoms with van der Waals surface area (Å²) in [4.78, 5) is 31.5. The summed E-state index contributed by atoms with van der Waals surface area (Å²) in [5.41, 5.74) is 1.55. The Morgan fingerprint density at radius 3 is 2.26 bits per heavy atom. The van der Waals surface area contributed by atoms with Gasteiger partial charge in [0.25, 0.3) is 0 Å². The first-order chi connectivity index (χ1) is 21.8. The number of oxime groups is 1. The summed E-state index contributed by atoms with van der Waals surface area (Å²) in [6.45, 7) is 11.0. The molecule has 2 heterocycles. The molecule has 0 amide bonds. The van der Waals surface area contributed by atoms with E-state index < -0.39 is 22.8 Å². The van der Waals surface area contributed by atoms with Crippen molar-refractivity contribution in [2.24, 2.45) is 5.16 Å². The standard InChI is InChI=1S/C14H16N2O3.C14H14N2O2.C7H7NO.Na.H/c1-4-19-13(18)9-10(17)8-6-5-7-16-12(8)14(2,3)11(9)15;1-4-18-12(17)8-7-11-6-5-9-16-13(11)14(2,3)10-15;9-8-6-7-4-2-1-3-5-7;;/h5-7,15,17H,4H2,1-3H3;5-6,9H,4H2,1-3H3;1-6,9H;;/q;;;+1;-1/b;;8-6+;;. The third kappa shape index (κ3) is 10.9. The topological polar surface area (TPSA) is 179 Å². The normalized spacial score (nSPS) is 12.7. The number of benzene rings is 1. The van der Waals surface area contributed by atoms with E-state index in [-0.39, 0.29) is 61.2 Å². The molecule has 12 heteroatoms. The Bertz CT molecular complexity index is 1720. The van der Waals surface area contributed by atoms with Crippen molar-refractivity contribution in [2.45, 2.75) is 52.4 Å². The second-order valence-electron chi connectivity index (χ2n) is 10.6. The van der Waals surface area contributed by atoms with Gasteiger partial charge in [0.1, 0.15) is 11.3 Å². The molecule has 0 atom stereocenters. The largest absolute Gasteiger partial charge is 1.00 e. The fourth-order valence-electron chi connectivity index (χ4n) is 4.13. The van der Waals surface area contributed by atoms with Crippen LogP contribution in [0.5, 0.6) is 0 Å². The molecule has 0 fully saturated rings. The number of hydrogen-bond donors (Lipinski definition) is 3. The molecule has 0 saturated heterocycles. The number of carbonyl (C=O) groups excluding carboxylic acids is 2. The molecule has 11 nitrogen and oxygen atoms in total. The molecule has 3 N–H and O–H groups in total. The smallest absolute Gasteiger partial charge is 1.00 e. The molecule has 1 aliphatic carbocycles. The van der Waals surface area contributed by atoms with Crippen molar-refractivity contribution in [3.8, 4) is 17.9 Å². The maximum Gasteiger partial charge on any atom is 1.00 e. The molecule has 1 aromatic carbocycles. The number of aliphatic hydroxyl groups is 1. The monoisotopic (exact) mass is 647 g/mol. The van der Waals surface area contributed by atoms with E-state index in [1.807, 2.05) is 30.3 Å². The minimum absolute atomic E-state index is 0. The first-order valence-corrected chi connectivity index (χ1v) is 14.3. The fraction of sp³-hybridized carbons (Fsp3) is 0.286. The summed E-state index contributed by atoms with van der Waals surface area (Å²) < 4.78 is 9.63. The maximum absolute atomic E-state index is 11.9. The number of carbonyl (C=O) groups is 2. The summed E-state index contributed by atoms with van der Waals surface area (Å²) in [5.74, 6) is 3.59. The number of aliphatic hydroxyl groups excluding tert-OH is 1. The quantitative estimate of drug-likeness (QED) is 0.0938. The zero-order valence-electron chi connectivity index (χ0n) is 28.7. The Hall–Kier alpha value is -4.81. The SMILES string of the molecule is CCOC(=O)C#Cc1cccnc1C(C)(C)C#N.CCOC(=O)C1=C(O)c2cccnc2C(C)(C)C1=N.O/N=C/c1ccccc1.[H-].[Na+]. The van der Waals surface area contributed by atoms with Gasteiger partial charge in [0.15, 0.2) is 0 Å². The number of nitriles is 1. The number of fused-ring (bicyclic) bond motifs is 1. The number of nitrogens with zero attached hydrogens (tertiary/aromatic N) is 4. The van der Waals surface area contributed by atoms with Crippen LogP contribution in [0.25, 0.3) is 5.76 Å². The predicted molar refractivity (Wildman–Crippen MR) is 174 cm³/mol. The van der Waals surface area contributed by atoms with E-state index in [9.17, 15) is 14.7 Å². The van der Waals surface area contributed by atoms with Crippen LogP contribution in [-0.2, 0) is 29.9 Å². The molecule has 47 heavy (non-hydrogen) atoms. The van der Waals surface area contributed by atoms with Crippen molar-refractivity contribution in [1.29, 1.82) is 10.7 Å². The molecule has 0 saturated carbocycles. The Morgan fingerprint density at radius 2 is 1.66 bits per heavy atom. The van der Waals surface area contributed by atoms with Crippen LogP contribution in [0.2, 0.25) is 0 Å². The van der Waals surface area contributed by atoms with Gasteiger partial charge in [-0.15, -0.1) is 0 Å². The first-order valence-electron chi connectivity index (χ1n) is 14.3. The molecule has 3 aromatic rings. The Morgan fingerprint density at radius 1 is 1.04 bits per heavy atom. The Kier molecular flexibility index (Phi) is 16.2. The van der Waals surface area contributed by atoms with Crippen LogP contribution in [0.15, 0.2) is 77.7 Å². The van der Waals surface area contributed by atoms with Crippen LogP contribution in [0.3, 0.4) is 0 Å². The van der Waals surface area contributed by atoms with Crippen molar-refractivity contribution in [3.63, 3.8) is 0 Å². The van der Waals surface area contributed by atoms with E-state index in [1.54, 1.807) is 78.2 Å². The minimum Gasteiger partial charge on any atom is -1.00 e. The molecular weight excluding hydrogens is 609 g/mol. The number of rotatable bonds is 5. The van der Waals surface area contributed by atoms with E-state index in [0.717, 1.165) is 5.56 Å². The van der Waals surface area contributed by atoms with E-state index in [1.165, 1.54) is 6.21 Å². The van der Waals surface area contributed by atoms with Crippen molar-refractivity contribution < 1.29 is 60.4 Å². The van der Waals surface area contributed by atoms with Crippen LogP contribution in [0.4, 0.5) is 0 Å². The van der Waals surface area contributed by atoms with E-state index in [0.29, 0.717) is 22.5 Å². The Labute approximate surface area is 298 Å². The van der Waals surface area contributed by atoms with E-state index in [2.05, 4.69) is 33.0 Å². The molecule has 1 aliphatic rings. The molecule has 2 aromatic heterocycles. The van der Waals surface area contributed by atoms with Crippen molar-refractivity contribution in [3.05, 3.63) is 101 Å². The van der Waals surface area contributed by atoms with Gasteiger partial charge >= 0.3 is 41.5 Å². The molecule has 0 radical (unpaired) electrons. The van der Waals surface area contributed by atoms with Crippen molar-refractivity contribution in [1.82, 2.24) is 9.97 Å². The number of hydrogen-bond acceptors (Lipinski definition) is 11. The van der Waals surface area contributed by atoms with Crippen molar-refractivity contribution in [2.75, 3.05) is 13.2 Å². The molecule has 240 valence electrons. The van der Waals surface area contributed by atoms with Gasteiger partial charge in [-0.05, 0) is 71.4 Å². The summed E-state index contributed by atoms with van der Waals surface area (Å²) in [6, 6.07) is 18.4. The third-order valence-electron chi connectivity index (χ3n) is 6.51. The van der Waals surface area contributed by atoms with Gasteiger partial charge in [-0.3, -0.25) is 9.97 Å². The molecule has 0 unspecified atom stereocenters. The Balaban J connectivity index is 0.000000715. The fourth-order valence-corrected chi connectivity index (χ4v) is 4.13. The maximum atomic E-state index is 11.9. The molecule has 4 rings (SSSR count). The van der Waals surface area contributed by atoms with Gasteiger partial charge in [-0.25, -0.2) is 9.59 Å². The summed E-state index contributed by atoms with van der Waals surface area (Å²) in [5, 5.41) is 38.5. The summed E-state index contributed by atoms with van der Waals surface area (Å²) in [7, 11) is 0. The van der Waals surface area contributed by atoms with Gasteiger partial charge in [0.2, 0.25) is 0 Å². The van der Waals surface area contributed by atoms with Crippen molar-refractivity contribution >= 4 is 29.6 Å². The van der Waals surface area contributed by atoms with Crippen LogP contribution in [-0.4, -0.2) is 57.4 Å². The molecule has 0 aliphatic heterocycles. The van der Waals surface area contributed by atoms with Gasteiger partial charge in [0, 0.05) is 29.4 Å². The number of pyridine rings is 2. The number of aromatic nitrogens is 2. The van der Waals surface area contributed by atoms with Crippen LogP contribution in [0.1, 0.15) is 71.0 Å². The van der Waals surface area contributed by atoms with Gasteiger partial charge in [-0.2, -0.15) is 5.26 Å². The zero-order chi connectivity index (χ0) is 34.3. The second kappa shape index (κ2) is 19.0. The third-order valence-corrected chi connectivity index (χ3v) is 6.51.